The van der Waals surface area contributed by atoms with Crippen LogP contribution >= 0.6 is 0 Å². The van der Waals surface area contributed by atoms with Gasteiger partial charge in [-0.05, 0) is 17.7 Å². The molecule has 0 aliphatic carbocycles. The second kappa shape index (κ2) is 8.19. The van der Waals surface area contributed by atoms with Gasteiger partial charge in [0, 0.05) is 0 Å². The van der Waals surface area contributed by atoms with Crippen molar-refractivity contribution in [3.63, 3.8) is 0 Å². The van der Waals surface area contributed by atoms with E-state index in [0.717, 1.165) is 0 Å². The summed E-state index contributed by atoms with van der Waals surface area (Å²) in [5, 5.41) is 2.44. The fourth-order valence-corrected chi connectivity index (χ4v) is 2.92. The number of carbonyl (C=O) groups excluding carboxylic acids is 1. The summed E-state index contributed by atoms with van der Waals surface area (Å²) in [6, 6.07) is 17.0. The van der Waals surface area contributed by atoms with E-state index in [4.69, 9.17) is 4.74 Å². The summed E-state index contributed by atoms with van der Waals surface area (Å²) in [5.41, 5.74) is 0.611. The summed E-state index contributed by atoms with van der Waals surface area (Å²) < 4.78 is 31.1. The number of amides is 2. The Morgan fingerprint density at radius 1 is 0.957 bits per heavy atom. The zero-order valence-electron chi connectivity index (χ0n) is 12.4. The predicted molar refractivity (Wildman–Crippen MR) is 87.5 cm³/mol. The molecule has 0 unspecified atom stereocenters. The number of rotatable bonds is 7. The molecule has 0 aliphatic heterocycles. The van der Waals surface area contributed by atoms with E-state index in [2.05, 4.69) is 5.32 Å². The standard InChI is InChI=1S/C16H18N2O4S/c19-16(17-11-12-22-15-9-5-2-6-10-15)18-23(20,21)13-14-7-3-1-4-8-14/h1-10H,11-13H2,(H2,17,18,19). The van der Waals surface area contributed by atoms with Gasteiger partial charge in [0.1, 0.15) is 12.4 Å². The van der Waals surface area contributed by atoms with Gasteiger partial charge in [-0.3, -0.25) is 0 Å². The molecule has 0 heterocycles. The van der Waals surface area contributed by atoms with Crippen molar-refractivity contribution in [3.8, 4) is 5.75 Å². The average Bonchev–Trinajstić information content (AvgIpc) is 2.52. The molecule has 0 aromatic heterocycles. The SMILES string of the molecule is O=C(NCCOc1ccccc1)NS(=O)(=O)Cc1ccccc1. The van der Waals surface area contributed by atoms with E-state index in [1.54, 1.807) is 42.5 Å². The third-order valence-corrected chi connectivity index (χ3v) is 4.06. The van der Waals surface area contributed by atoms with Crippen LogP contribution in [0.15, 0.2) is 60.7 Å². The fraction of sp³-hybridized carbons (Fsp3) is 0.188. The first-order valence-corrected chi connectivity index (χ1v) is 8.70. The van der Waals surface area contributed by atoms with Gasteiger partial charge in [-0.1, -0.05) is 48.5 Å². The maximum absolute atomic E-state index is 11.9. The van der Waals surface area contributed by atoms with Crippen molar-refractivity contribution in [3.05, 3.63) is 66.2 Å². The largest absolute Gasteiger partial charge is 0.492 e. The number of ether oxygens (including phenoxy) is 1. The molecule has 0 spiro atoms. The average molecular weight is 334 g/mol. The predicted octanol–water partition coefficient (Wildman–Crippen LogP) is 1.89. The van der Waals surface area contributed by atoms with Crippen molar-refractivity contribution in [1.29, 1.82) is 0 Å². The lowest BCUT2D eigenvalue weighted by atomic mass is 10.2. The van der Waals surface area contributed by atoms with Crippen molar-refractivity contribution >= 4 is 16.1 Å². The maximum atomic E-state index is 11.9. The van der Waals surface area contributed by atoms with Crippen LogP contribution < -0.4 is 14.8 Å². The van der Waals surface area contributed by atoms with E-state index in [0.29, 0.717) is 11.3 Å². The molecule has 0 atom stereocenters. The molecular weight excluding hydrogens is 316 g/mol. The first-order valence-electron chi connectivity index (χ1n) is 7.05. The first kappa shape index (κ1) is 16.8. The van der Waals surface area contributed by atoms with Crippen molar-refractivity contribution in [2.75, 3.05) is 13.2 Å². The number of nitrogens with one attached hydrogen (secondary N) is 2. The smallest absolute Gasteiger partial charge is 0.328 e. The van der Waals surface area contributed by atoms with E-state index in [9.17, 15) is 13.2 Å². The van der Waals surface area contributed by atoms with Gasteiger partial charge in [-0.15, -0.1) is 0 Å². The van der Waals surface area contributed by atoms with E-state index >= 15 is 0 Å². The maximum Gasteiger partial charge on any atom is 0.328 e. The number of hydrogen-bond donors (Lipinski definition) is 2. The van der Waals surface area contributed by atoms with Crippen molar-refractivity contribution in [2.45, 2.75) is 5.75 Å². The molecule has 0 radical (unpaired) electrons. The Morgan fingerprint density at radius 3 is 2.22 bits per heavy atom. The molecule has 0 bridgehead atoms. The molecule has 0 saturated carbocycles. The summed E-state index contributed by atoms with van der Waals surface area (Å²) in [6.45, 7) is 0.442. The Morgan fingerprint density at radius 2 is 1.57 bits per heavy atom. The minimum atomic E-state index is -3.73. The third-order valence-electron chi connectivity index (χ3n) is 2.85. The second-order valence-corrected chi connectivity index (χ2v) is 6.49. The van der Waals surface area contributed by atoms with Crippen LogP contribution in [0.3, 0.4) is 0 Å². The van der Waals surface area contributed by atoms with Crippen LogP contribution in [0.1, 0.15) is 5.56 Å². The lowest BCUT2D eigenvalue weighted by Gasteiger charge is -2.09. The zero-order valence-corrected chi connectivity index (χ0v) is 13.3. The van der Waals surface area contributed by atoms with Gasteiger partial charge in [0.05, 0.1) is 12.3 Å². The van der Waals surface area contributed by atoms with Crippen molar-refractivity contribution < 1.29 is 17.9 Å². The fourth-order valence-electron chi connectivity index (χ4n) is 1.86. The molecule has 0 saturated heterocycles. The molecule has 7 heteroatoms. The van der Waals surface area contributed by atoms with E-state index in [1.165, 1.54) is 0 Å². The van der Waals surface area contributed by atoms with E-state index in [1.807, 2.05) is 22.9 Å². The highest BCUT2D eigenvalue weighted by molar-refractivity contribution is 7.89. The van der Waals surface area contributed by atoms with Gasteiger partial charge in [-0.2, -0.15) is 0 Å². The topological polar surface area (TPSA) is 84.5 Å². The van der Waals surface area contributed by atoms with Crippen LogP contribution in [-0.2, 0) is 15.8 Å². The number of benzene rings is 2. The minimum absolute atomic E-state index is 0.196. The Kier molecular flexibility index (Phi) is 5.99. The molecule has 6 nitrogen and oxygen atoms in total. The van der Waals surface area contributed by atoms with Crippen molar-refractivity contribution in [2.24, 2.45) is 0 Å². The zero-order chi connectivity index (χ0) is 16.5. The molecule has 23 heavy (non-hydrogen) atoms. The summed E-state index contributed by atoms with van der Waals surface area (Å²) in [6.07, 6.45) is 0. The van der Waals surface area contributed by atoms with Gasteiger partial charge in [0.15, 0.2) is 0 Å². The molecule has 2 amide bonds. The summed E-state index contributed by atoms with van der Waals surface area (Å²) >= 11 is 0. The normalized spacial score (nSPS) is 10.8. The van der Waals surface area contributed by atoms with Crippen LogP contribution in [-0.4, -0.2) is 27.6 Å². The molecule has 2 N–H and O–H groups in total. The third kappa shape index (κ3) is 6.39. The first-order chi connectivity index (χ1) is 11.1. The summed E-state index contributed by atoms with van der Waals surface area (Å²) in [4.78, 5) is 11.6. The quantitative estimate of drug-likeness (QED) is 0.757. The van der Waals surface area contributed by atoms with Crippen LogP contribution in [0.5, 0.6) is 5.75 Å². The van der Waals surface area contributed by atoms with Gasteiger partial charge in [-0.25, -0.2) is 17.9 Å². The van der Waals surface area contributed by atoms with Gasteiger partial charge in [0.2, 0.25) is 10.0 Å². The Labute approximate surface area is 135 Å². The number of carbonyl (C=O) groups is 1. The highest BCUT2D eigenvalue weighted by Crippen LogP contribution is 2.07. The van der Waals surface area contributed by atoms with Crippen LogP contribution in [0.2, 0.25) is 0 Å². The molecule has 0 fully saturated rings. The number of sulfonamides is 1. The van der Waals surface area contributed by atoms with Crippen LogP contribution in [0, 0.1) is 0 Å². The number of para-hydroxylation sites is 1. The molecule has 2 aromatic rings. The summed E-state index contributed by atoms with van der Waals surface area (Å²) in [7, 11) is -3.73. The van der Waals surface area contributed by atoms with E-state index in [-0.39, 0.29) is 18.9 Å². The van der Waals surface area contributed by atoms with Gasteiger partial charge in [0.25, 0.3) is 0 Å². The second-order valence-electron chi connectivity index (χ2n) is 4.76. The number of urea groups is 1. The molecular formula is C16H18N2O4S. The molecule has 2 rings (SSSR count). The van der Waals surface area contributed by atoms with Crippen molar-refractivity contribution in [1.82, 2.24) is 10.0 Å². The highest BCUT2D eigenvalue weighted by Gasteiger charge is 2.14. The Bertz CT molecular complexity index is 718. The molecule has 122 valence electrons. The molecule has 0 aliphatic rings. The Balaban J connectivity index is 1.71. The molecule has 2 aromatic carbocycles. The van der Waals surface area contributed by atoms with Gasteiger partial charge < -0.3 is 10.1 Å². The van der Waals surface area contributed by atoms with Crippen LogP contribution in [0.4, 0.5) is 4.79 Å². The minimum Gasteiger partial charge on any atom is -0.492 e. The lowest BCUT2D eigenvalue weighted by Crippen LogP contribution is -2.41. The number of hydrogen-bond acceptors (Lipinski definition) is 4. The lowest BCUT2D eigenvalue weighted by molar-refractivity contribution is 0.241. The van der Waals surface area contributed by atoms with Crippen LogP contribution in [0.25, 0.3) is 0 Å². The monoisotopic (exact) mass is 334 g/mol. The highest BCUT2D eigenvalue weighted by atomic mass is 32.2. The Hall–Kier alpha value is -2.54. The van der Waals surface area contributed by atoms with Gasteiger partial charge >= 0.3 is 6.03 Å². The summed E-state index contributed by atoms with van der Waals surface area (Å²) in [5.74, 6) is 0.438. The van der Waals surface area contributed by atoms with E-state index < -0.39 is 16.1 Å².